The molecule has 162 valence electrons. The SMILES string of the molecule is CCOC(=O)C[C@H]1CC[C@H](NCC2CCCCC2)[C@@H]1c1ccc(C(F)(F)F)cc1. The first-order chi connectivity index (χ1) is 13.9. The van der Waals surface area contributed by atoms with Gasteiger partial charge in [-0.3, -0.25) is 4.79 Å². The first-order valence-electron chi connectivity index (χ1n) is 10.9. The van der Waals surface area contributed by atoms with E-state index in [1.807, 2.05) is 0 Å². The molecular weight excluding hydrogens is 379 g/mol. The molecule has 0 unspecified atom stereocenters. The van der Waals surface area contributed by atoms with Crippen molar-refractivity contribution in [1.82, 2.24) is 5.32 Å². The summed E-state index contributed by atoms with van der Waals surface area (Å²) in [5.74, 6) is 0.586. The number of carbonyl (C=O) groups is 1. The van der Waals surface area contributed by atoms with Gasteiger partial charge in [-0.1, -0.05) is 31.4 Å². The van der Waals surface area contributed by atoms with Gasteiger partial charge in [0.25, 0.3) is 0 Å². The zero-order valence-electron chi connectivity index (χ0n) is 17.1. The molecule has 1 aromatic carbocycles. The van der Waals surface area contributed by atoms with Gasteiger partial charge in [0.05, 0.1) is 12.2 Å². The third kappa shape index (κ3) is 5.97. The van der Waals surface area contributed by atoms with Crippen molar-refractivity contribution < 1.29 is 22.7 Å². The molecule has 3 rings (SSSR count). The Bertz CT molecular complexity index is 653. The van der Waals surface area contributed by atoms with Crippen LogP contribution in [0.5, 0.6) is 0 Å². The van der Waals surface area contributed by atoms with Crippen LogP contribution in [0.4, 0.5) is 13.2 Å². The molecule has 3 atom stereocenters. The monoisotopic (exact) mass is 411 g/mol. The van der Waals surface area contributed by atoms with E-state index in [0.29, 0.717) is 18.9 Å². The van der Waals surface area contributed by atoms with Crippen molar-refractivity contribution >= 4 is 5.97 Å². The highest BCUT2D eigenvalue weighted by Gasteiger charge is 2.39. The molecule has 3 nitrogen and oxygen atoms in total. The third-order valence-electron chi connectivity index (χ3n) is 6.54. The summed E-state index contributed by atoms with van der Waals surface area (Å²) < 4.78 is 44.0. The summed E-state index contributed by atoms with van der Waals surface area (Å²) in [6.45, 7) is 3.09. The average molecular weight is 412 g/mol. The van der Waals surface area contributed by atoms with E-state index in [4.69, 9.17) is 4.74 Å². The Morgan fingerprint density at radius 3 is 2.38 bits per heavy atom. The second kappa shape index (κ2) is 9.96. The minimum Gasteiger partial charge on any atom is -0.466 e. The van der Waals surface area contributed by atoms with E-state index in [1.165, 1.54) is 32.1 Å². The first-order valence-corrected chi connectivity index (χ1v) is 10.9. The second-order valence-electron chi connectivity index (χ2n) is 8.51. The van der Waals surface area contributed by atoms with Gasteiger partial charge >= 0.3 is 12.1 Å². The van der Waals surface area contributed by atoms with E-state index in [0.717, 1.165) is 37.1 Å². The molecule has 1 N–H and O–H groups in total. The molecular formula is C23H32F3NO2. The maximum atomic E-state index is 13.0. The normalized spacial score (nSPS) is 25.9. The van der Waals surface area contributed by atoms with Gasteiger partial charge in [0, 0.05) is 18.4 Å². The Morgan fingerprint density at radius 1 is 1.07 bits per heavy atom. The van der Waals surface area contributed by atoms with Crippen molar-refractivity contribution in [3.8, 4) is 0 Å². The van der Waals surface area contributed by atoms with Gasteiger partial charge in [-0.05, 0) is 68.7 Å². The lowest BCUT2D eigenvalue weighted by Gasteiger charge is -2.29. The summed E-state index contributed by atoms with van der Waals surface area (Å²) >= 11 is 0. The Kier molecular flexibility index (Phi) is 7.60. The fraction of sp³-hybridized carbons (Fsp3) is 0.696. The number of nitrogens with one attached hydrogen (secondary N) is 1. The number of alkyl halides is 3. The van der Waals surface area contributed by atoms with Crippen LogP contribution in [-0.2, 0) is 15.7 Å². The Hall–Kier alpha value is -1.56. The van der Waals surface area contributed by atoms with Crippen LogP contribution in [0.2, 0.25) is 0 Å². The van der Waals surface area contributed by atoms with E-state index in [-0.39, 0.29) is 23.8 Å². The summed E-state index contributed by atoms with van der Waals surface area (Å²) in [4.78, 5) is 12.1. The molecule has 2 saturated carbocycles. The van der Waals surface area contributed by atoms with Crippen LogP contribution in [0.1, 0.15) is 75.3 Å². The predicted molar refractivity (Wildman–Crippen MR) is 107 cm³/mol. The molecule has 0 spiro atoms. The van der Waals surface area contributed by atoms with Gasteiger partial charge < -0.3 is 10.1 Å². The lowest BCUT2D eigenvalue weighted by atomic mass is 9.83. The molecule has 0 amide bonds. The summed E-state index contributed by atoms with van der Waals surface area (Å²) in [5.41, 5.74) is 0.249. The smallest absolute Gasteiger partial charge is 0.416 e. The molecule has 1 aromatic rings. The number of benzene rings is 1. The number of carbonyl (C=O) groups excluding carboxylic acids is 1. The molecule has 0 heterocycles. The zero-order valence-corrected chi connectivity index (χ0v) is 17.1. The van der Waals surface area contributed by atoms with Gasteiger partial charge in [0.2, 0.25) is 0 Å². The number of hydrogen-bond donors (Lipinski definition) is 1. The molecule has 2 aliphatic carbocycles. The second-order valence-corrected chi connectivity index (χ2v) is 8.51. The van der Waals surface area contributed by atoms with Crippen molar-refractivity contribution in [3.63, 3.8) is 0 Å². The van der Waals surface area contributed by atoms with Crippen molar-refractivity contribution in [2.75, 3.05) is 13.2 Å². The van der Waals surface area contributed by atoms with Gasteiger partial charge in [0.15, 0.2) is 0 Å². The molecule has 0 saturated heterocycles. The van der Waals surface area contributed by atoms with Gasteiger partial charge in [-0.25, -0.2) is 0 Å². The van der Waals surface area contributed by atoms with Gasteiger partial charge in [-0.15, -0.1) is 0 Å². The van der Waals surface area contributed by atoms with Crippen molar-refractivity contribution in [2.24, 2.45) is 11.8 Å². The van der Waals surface area contributed by atoms with E-state index in [2.05, 4.69) is 5.32 Å². The highest BCUT2D eigenvalue weighted by molar-refractivity contribution is 5.70. The number of hydrogen-bond acceptors (Lipinski definition) is 3. The fourth-order valence-corrected chi connectivity index (χ4v) is 5.08. The number of halogens is 3. The average Bonchev–Trinajstić information content (AvgIpc) is 3.09. The minimum atomic E-state index is -4.34. The summed E-state index contributed by atoms with van der Waals surface area (Å²) in [5, 5.41) is 3.71. The van der Waals surface area contributed by atoms with Crippen LogP contribution in [0.3, 0.4) is 0 Å². The lowest BCUT2D eigenvalue weighted by Crippen LogP contribution is -2.37. The van der Waals surface area contributed by atoms with Crippen LogP contribution in [0, 0.1) is 11.8 Å². The van der Waals surface area contributed by atoms with Crippen LogP contribution in [0.25, 0.3) is 0 Å². The largest absolute Gasteiger partial charge is 0.466 e. The highest BCUT2D eigenvalue weighted by Crippen LogP contribution is 2.43. The van der Waals surface area contributed by atoms with Crippen LogP contribution >= 0.6 is 0 Å². The fourth-order valence-electron chi connectivity index (χ4n) is 5.08. The van der Waals surface area contributed by atoms with Gasteiger partial charge in [0.1, 0.15) is 0 Å². The van der Waals surface area contributed by atoms with Crippen LogP contribution in [-0.4, -0.2) is 25.2 Å². The molecule has 2 aliphatic rings. The molecule has 2 fully saturated rings. The maximum absolute atomic E-state index is 13.0. The number of ether oxygens (including phenoxy) is 1. The molecule has 6 heteroatoms. The number of esters is 1. The predicted octanol–water partition coefficient (Wildman–Crippen LogP) is 5.69. The van der Waals surface area contributed by atoms with Crippen LogP contribution in [0.15, 0.2) is 24.3 Å². The standard InChI is InChI=1S/C23H32F3NO2/c1-2-29-21(28)14-18-10-13-20(27-15-16-6-4-3-5-7-16)22(18)17-8-11-19(12-9-17)23(24,25)26/h8-9,11-12,16,18,20,22,27H,2-7,10,13-15H2,1H3/t18-,20+,22-/m1/s1. The topological polar surface area (TPSA) is 38.3 Å². The lowest BCUT2D eigenvalue weighted by molar-refractivity contribution is -0.144. The van der Waals surface area contributed by atoms with Gasteiger partial charge in [-0.2, -0.15) is 13.2 Å². The van der Waals surface area contributed by atoms with Crippen molar-refractivity contribution in [3.05, 3.63) is 35.4 Å². The maximum Gasteiger partial charge on any atom is 0.416 e. The molecule has 0 radical (unpaired) electrons. The Balaban J connectivity index is 1.73. The molecule has 0 aliphatic heterocycles. The minimum absolute atomic E-state index is 0.0327. The molecule has 0 bridgehead atoms. The van der Waals surface area contributed by atoms with Crippen molar-refractivity contribution in [1.29, 1.82) is 0 Å². The van der Waals surface area contributed by atoms with E-state index in [9.17, 15) is 18.0 Å². The summed E-state index contributed by atoms with van der Waals surface area (Å²) in [6, 6.07) is 5.69. The summed E-state index contributed by atoms with van der Waals surface area (Å²) in [7, 11) is 0. The zero-order chi connectivity index (χ0) is 20.9. The summed E-state index contributed by atoms with van der Waals surface area (Å²) in [6.07, 6.45) is 4.17. The van der Waals surface area contributed by atoms with E-state index in [1.54, 1.807) is 19.1 Å². The Labute approximate surface area is 171 Å². The first kappa shape index (κ1) is 22.1. The van der Waals surface area contributed by atoms with Crippen LogP contribution < -0.4 is 5.32 Å². The highest BCUT2D eigenvalue weighted by atomic mass is 19.4. The quantitative estimate of drug-likeness (QED) is 0.586. The molecule has 29 heavy (non-hydrogen) atoms. The Morgan fingerprint density at radius 2 is 1.76 bits per heavy atom. The van der Waals surface area contributed by atoms with E-state index >= 15 is 0 Å². The van der Waals surface area contributed by atoms with E-state index < -0.39 is 11.7 Å². The van der Waals surface area contributed by atoms with Crippen molar-refractivity contribution in [2.45, 2.75) is 76.4 Å². The third-order valence-corrected chi connectivity index (χ3v) is 6.54. The molecule has 0 aromatic heterocycles. The number of rotatable bonds is 7.